The van der Waals surface area contributed by atoms with Gasteiger partial charge in [-0.3, -0.25) is 14.4 Å². The number of aliphatic carboxylic acids is 1. The van der Waals surface area contributed by atoms with Crippen molar-refractivity contribution in [3.05, 3.63) is 24.3 Å². The van der Waals surface area contributed by atoms with Crippen LogP contribution in [0.15, 0.2) is 24.3 Å². The minimum Gasteiger partial charge on any atom is -0.497 e. The quantitative estimate of drug-likeness (QED) is 0.825. The van der Waals surface area contributed by atoms with Crippen molar-refractivity contribution in [1.82, 2.24) is 4.90 Å². The van der Waals surface area contributed by atoms with Gasteiger partial charge in [0.25, 0.3) is 0 Å². The molecule has 1 aliphatic carbocycles. The summed E-state index contributed by atoms with van der Waals surface area (Å²) in [5.41, 5.74) is 0.627. The van der Waals surface area contributed by atoms with E-state index >= 15 is 0 Å². The summed E-state index contributed by atoms with van der Waals surface area (Å²) in [7, 11) is 1.57. The summed E-state index contributed by atoms with van der Waals surface area (Å²) in [4.78, 5) is 37.9. The van der Waals surface area contributed by atoms with Gasteiger partial charge in [-0.2, -0.15) is 0 Å². The smallest absolute Gasteiger partial charge is 0.307 e. The van der Waals surface area contributed by atoms with Gasteiger partial charge in [0, 0.05) is 11.4 Å². The van der Waals surface area contributed by atoms with Crippen molar-refractivity contribution in [2.24, 2.45) is 11.8 Å². The Morgan fingerprint density at radius 2 is 1.88 bits per heavy atom. The largest absolute Gasteiger partial charge is 0.497 e. The molecule has 25 heavy (non-hydrogen) atoms. The lowest BCUT2D eigenvalue weighted by atomic mass is 9.73. The third-order valence-corrected chi connectivity index (χ3v) is 5.75. The molecule has 0 bridgehead atoms. The summed E-state index contributed by atoms with van der Waals surface area (Å²) in [5, 5.41) is 12.0. The van der Waals surface area contributed by atoms with Gasteiger partial charge in [-0.05, 0) is 37.1 Å². The van der Waals surface area contributed by atoms with Crippen LogP contribution in [-0.4, -0.2) is 52.6 Å². The van der Waals surface area contributed by atoms with E-state index in [9.17, 15) is 14.4 Å². The van der Waals surface area contributed by atoms with E-state index in [0.717, 1.165) is 0 Å². The van der Waals surface area contributed by atoms with Crippen molar-refractivity contribution in [3.63, 3.8) is 0 Å². The summed E-state index contributed by atoms with van der Waals surface area (Å²) in [5.74, 6) is -0.920. The first-order chi connectivity index (χ1) is 12.0. The third kappa shape index (κ3) is 3.58. The zero-order valence-electron chi connectivity index (χ0n) is 13.8. The normalized spacial score (nSPS) is 25.2. The van der Waals surface area contributed by atoms with Crippen LogP contribution in [-0.2, 0) is 14.4 Å². The van der Waals surface area contributed by atoms with Gasteiger partial charge in [0.15, 0.2) is 0 Å². The molecule has 3 atom stereocenters. The summed E-state index contributed by atoms with van der Waals surface area (Å²) in [6, 6.07) is 6.38. The number of carboxylic acids is 1. The number of benzene rings is 1. The highest BCUT2D eigenvalue weighted by Crippen LogP contribution is 2.38. The number of carbonyl (C=O) groups excluding carboxylic acids is 2. The molecule has 2 N–H and O–H groups in total. The van der Waals surface area contributed by atoms with Gasteiger partial charge >= 0.3 is 5.97 Å². The minimum absolute atomic E-state index is 0.224. The minimum atomic E-state index is -0.935. The number of carbonyl (C=O) groups is 3. The Hall–Kier alpha value is -2.22. The Morgan fingerprint density at radius 3 is 2.44 bits per heavy atom. The van der Waals surface area contributed by atoms with Gasteiger partial charge in [-0.25, -0.2) is 0 Å². The van der Waals surface area contributed by atoms with Crippen LogP contribution in [0.3, 0.4) is 0 Å². The maximum atomic E-state index is 12.6. The van der Waals surface area contributed by atoms with E-state index in [1.165, 1.54) is 16.7 Å². The summed E-state index contributed by atoms with van der Waals surface area (Å²) in [6.07, 6.45) is 1.10. The summed E-state index contributed by atoms with van der Waals surface area (Å²) < 4.78 is 5.08. The predicted molar refractivity (Wildman–Crippen MR) is 93.4 cm³/mol. The Balaban J connectivity index is 1.65. The van der Waals surface area contributed by atoms with E-state index < -0.39 is 23.8 Å². The van der Waals surface area contributed by atoms with Crippen LogP contribution >= 0.6 is 11.8 Å². The monoisotopic (exact) mass is 364 g/mol. The first-order valence-electron chi connectivity index (χ1n) is 8.07. The van der Waals surface area contributed by atoms with Crippen molar-refractivity contribution in [2.75, 3.05) is 24.1 Å². The number of carboxylic acid groups (broad SMARTS) is 1. The average Bonchev–Trinajstić information content (AvgIpc) is 3.03. The van der Waals surface area contributed by atoms with Crippen LogP contribution in [0.25, 0.3) is 0 Å². The lowest BCUT2D eigenvalue weighted by molar-refractivity contribution is -0.157. The van der Waals surface area contributed by atoms with Gasteiger partial charge in [0.2, 0.25) is 11.8 Å². The molecule has 134 valence electrons. The molecule has 2 amide bonds. The molecule has 1 saturated carbocycles. The van der Waals surface area contributed by atoms with Crippen molar-refractivity contribution in [1.29, 1.82) is 0 Å². The first-order valence-corrected chi connectivity index (χ1v) is 9.22. The van der Waals surface area contributed by atoms with Crippen molar-refractivity contribution in [2.45, 2.75) is 18.9 Å². The van der Waals surface area contributed by atoms with Crippen LogP contribution < -0.4 is 10.1 Å². The Labute approximate surface area is 149 Å². The van der Waals surface area contributed by atoms with E-state index in [1.54, 1.807) is 31.4 Å². The van der Waals surface area contributed by atoms with E-state index in [-0.39, 0.29) is 11.8 Å². The van der Waals surface area contributed by atoms with Gasteiger partial charge in [-0.15, -0.1) is 11.8 Å². The molecule has 1 aromatic rings. The Bertz CT molecular complexity index is 678. The maximum absolute atomic E-state index is 12.6. The van der Waals surface area contributed by atoms with Crippen LogP contribution in [0.1, 0.15) is 12.8 Å². The van der Waals surface area contributed by atoms with Gasteiger partial charge < -0.3 is 20.1 Å². The van der Waals surface area contributed by atoms with Crippen molar-refractivity contribution >= 4 is 35.2 Å². The lowest BCUT2D eigenvalue weighted by Gasteiger charge is -2.36. The zero-order chi connectivity index (χ0) is 18.0. The highest BCUT2D eigenvalue weighted by atomic mass is 32.2. The molecule has 3 unspecified atom stereocenters. The topological polar surface area (TPSA) is 95.9 Å². The number of hydrogen-bond acceptors (Lipinski definition) is 5. The van der Waals surface area contributed by atoms with Crippen LogP contribution in [0, 0.1) is 11.8 Å². The molecular formula is C17H20N2O5S. The molecule has 0 spiro atoms. The Kier molecular flexibility index (Phi) is 5.17. The van der Waals surface area contributed by atoms with Crippen LogP contribution in [0.4, 0.5) is 5.69 Å². The number of amides is 2. The first kappa shape index (κ1) is 17.6. The zero-order valence-corrected chi connectivity index (χ0v) is 14.6. The van der Waals surface area contributed by atoms with Crippen molar-refractivity contribution in [3.8, 4) is 5.75 Å². The number of hydrogen-bond donors (Lipinski definition) is 2. The highest BCUT2D eigenvalue weighted by molar-refractivity contribution is 7.99. The SMILES string of the molecule is COc1ccc(NC(=O)C2CSCN2C(=O)C2CCC2C(=O)O)cc1. The number of ether oxygens (including phenoxy) is 1. The van der Waals surface area contributed by atoms with E-state index in [2.05, 4.69) is 5.32 Å². The molecule has 1 saturated heterocycles. The molecule has 0 radical (unpaired) electrons. The van der Waals surface area contributed by atoms with Crippen LogP contribution in [0.2, 0.25) is 0 Å². The van der Waals surface area contributed by atoms with Gasteiger partial charge in [0.1, 0.15) is 11.8 Å². The molecule has 2 aliphatic rings. The number of thioether (sulfide) groups is 1. The molecule has 3 rings (SSSR count). The number of rotatable bonds is 5. The third-order valence-electron chi connectivity index (χ3n) is 4.73. The molecule has 8 heteroatoms. The molecule has 2 fully saturated rings. The average molecular weight is 364 g/mol. The second-order valence-electron chi connectivity index (χ2n) is 6.17. The molecule has 1 aromatic carbocycles. The van der Waals surface area contributed by atoms with E-state index in [0.29, 0.717) is 35.9 Å². The molecule has 1 heterocycles. The maximum Gasteiger partial charge on any atom is 0.307 e. The van der Waals surface area contributed by atoms with Gasteiger partial charge in [-0.1, -0.05) is 0 Å². The molecular weight excluding hydrogens is 344 g/mol. The molecule has 7 nitrogen and oxygen atoms in total. The second-order valence-corrected chi connectivity index (χ2v) is 7.17. The lowest BCUT2D eigenvalue weighted by Crippen LogP contribution is -2.51. The second kappa shape index (κ2) is 7.35. The van der Waals surface area contributed by atoms with Crippen molar-refractivity contribution < 1.29 is 24.2 Å². The van der Waals surface area contributed by atoms with Crippen LogP contribution in [0.5, 0.6) is 5.75 Å². The summed E-state index contributed by atoms with van der Waals surface area (Å²) in [6.45, 7) is 0. The standard InChI is InChI=1S/C17H20N2O5S/c1-24-11-4-2-10(3-5-11)18-15(20)14-8-25-9-19(14)16(21)12-6-7-13(12)17(22)23/h2-5,12-14H,6-9H2,1H3,(H,18,20)(H,22,23). The number of methoxy groups -OCH3 is 1. The number of nitrogens with one attached hydrogen (secondary N) is 1. The number of anilines is 1. The number of nitrogens with zero attached hydrogens (tertiary/aromatic N) is 1. The highest BCUT2D eigenvalue weighted by Gasteiger charge is 2.46. The van der Waals surface area contributed by atoms with E-state index in [1.807, 2.05) is 0 Å². The molecule has 0 aromatic heterocycles. The van der Waals surface area contributed by atoms with Gasteiger partial charge in [0.05, 0.1) is 24.8 Å². The Morgan fingerprint density at radius 1 is 1.20 bits per heavy atom. The fourth-order valence-electron chi connectivity index (χ4n) is 3.08. The van der Waals surface area contributed by atoms with E-state index in [4.69, 9.17) is 9.84 Å². The summed E-state index contributed by atoms with van der Waals surface area (Å²) >= 11 is 1.50. The predicted octanol–water partition coefficient (Wildman–Crippen LogP) is 1.65. The fraction of sp³-hybridized carbons (Fsp3) is 0.471. The molecule has 1 aliphatic heterocycles. The fourth-order valence-corrected chi connectivity index (χ4v) is 4.25.